The van der Waals surface area contributed by atoms with Crippen molar-refractivity contribution < 1.29 is 14.6 Å². The van der Waals surface area contributed by atoms with Crippen LogP contribution in [0.2, 0.25) is 0 Å². The highest BCUT2D eigenvalue weighted by Crippen LogP contribution is 2.46. The van der Waals surface area contributed by atoms with Crippen LogP contribution in [0.1, 0.15) is 45.3 Å². The van der Waals surface area contributed by atoms with Crippen LogP contribution in [-0.2, 0) is 4.74 Å². The Morgan fingerprint density at radius 3 is 2.52 bits per heavy atom. The SMILES string of the molecule is CC(C)(C)OC(=O)N1CC2CC(C(O)c3cccnc3)CC2C1. The van der Waals surface area contributed by atoms with Gasteiger partial charge in [0.05, 0.1) is 6.10 Å². The number of rotatable bonds is 2. The highest BCUT2D eigenvalue weighted by Gasteiger charge is 2.45. The Bertz CT molecular complexity index is 541. The number of carbonyl (C=O) groups is 1. The van der Waals surface area contributed by atoms with Crippen molar-refractivity contribution in [3.63, 3.8) is 0 Å². The van der Waals surface area contributed by atoms with E-state index in [4.69, 9.17) is 4.74 Å². The number of pyridine rings is 1. The quantitative estimate of drug-likeness (QED) is 0.910. The molecule has 3 unspecified atom stereocenters. The summed E-state index contributed by atoms with van der Waals surface area (Å²) in [6.45, 7) is 7.16. The standard InChI is InChI=1S/C18H26N2O3/c1-18(2,3)23-17(22)20-10-14-7-13(8-15(14)11-20)16(21)12-5-4-6-19-9-12/h4-6,9,13-16,21H,7-8,10-11H2,1-3H3. The van der Waals surface area contributed by atoms with Crippen molar-refractivity contribution in [3.05, 3.63) is 30.1 Å². The van der Waals surface area contributed by atoms with Gasteiger partial charge in [-0.2, -0.15) is 0 Å². The van der Waals surface area contributed by atoms with Crippen LogP contribution >= 0.6 is 0 Å². The summed E-state index contributed by atoms with van der Waals surface area (Å²) < 4.78 is 5.46. The summed E-state index contributed by atoms with van der Waals surface area (Å²) in [4.78, 5) is 18.1. The minimum Gasteiger partial charge on any atom is -0.444 e. The molecule has 1 aromatic rings. The molecule has 3 rings (SSSR count). The second-order valence-corrected chi connectivity index (χ2v) is 7.87. The zero-order chi connectivity index (χ0) is 16.6. The molecule has 0 radical (unpaired) electrons. The molecule has 2 aliphatic rings. The number of fused-ring (bicyclic) bond motifs is 1. The van der Waals surface area contributed by atoms with Crippen molar-refractivity contribution in [3.8, 4) is 0 Å². The van der Waals surface area contributed by atoms with Gasteiger partial charge in [0.15, 0.2) is 0 Å². The Labute approximate surface area is 137 Å². The molecular weight excluding hydrogens is 292 g/mol. The van der Waals surface area contributed by atoms with E-state index in [2.05, 4.69) is 4.98 Å². The molecule has 1 saturated heterocycles. The molecule has 2 heterocycles. The molecule has 3 atom stereocenters. The summed E-state index contributed by atoms with van der Waals surface area (Å²) in [5.74, 6) is 1.20. The molecular formula is C18H26N2O3. The van der Waals surface area contributed by atoms with Crippen LogP contribution in [0, 0.1) is 17.8 Å². The Balaban J connectivity index is 1.56. The van der Waals surface area contributed by atoms with E-state index in [0.29, 0.717) is 11.8 Å². The molecule has 0 spiro atoms. The maximum absolute atomic E-state index is 12.2. The summed E-state index contributed by atoms with van der Waals surface area (Å²) in [6.07, 6.45) is 4.71. The van der Waals surface area contributed by atoms with Crippen LogP contribution < -0.4 is 0 Å². The van der Waals surface area contributed by atoms with Crippen LogP contribution in [0.25, 0.3) is 0 Å². The van der Waals surface area contributed by atoms with Crippen molar-refractivity contribution in [2.45, 2.75) is 45.3 Å². The van der Waals surface area contributed by atoms with Crippen LogP contribution in [0.15, 0.2) is 24.5 Å². The first-order valence-corrected chi connectivity index (χ1v) is 8.39. The van der Waals surface area contributed by atoms with Gasteiger partial charge in [-0.25, -0.2) is 4.79 Å². The molecule has 23 heavy (non-hydrogen) atoms. The van der Waals surface area contributed by atoms with Gasteiger partial charge >= 0.3 is 6.09 Å². The van der Waals surface area contributed by atoms with Gasteiger partial charge in [-0.1, -0.05) is 6.07 Å². The predicted octanol–water partition coefficient (Wildman–Crippen LogP) is 3.01. The van der Waals surface area contributed by atoms with Crippen molar-refractivity contribution in [2.24, 2.45) is 17.8 Å². The lowest BCUT2D eigenvalue weighted by Gasteiger charge is -2.26. The molecule has 0 aromatic carbocycles. The van der Waals surface area contributed by atoms with Gasteiger partial charge in [-0.15, -0.1) is 0 Å². The van der Waals surface area contributed by atoms with Gasteiger partial charge in [-0.05, 0) is 63.0 Å². The van der Waals surface area contributed by atoms with E-state index in [1.807, 2.05) is 37.8 Å². The maximum atomic E-state index is 12.2. The van der Waals surface area contributed by atoms with E-state index in [1.165, 1.54) is 0 Å². The van der Waals surface area contributed by atoms with Crippen molar-refractivity contribution >= 4 is 6.09 Å². The molecule has 1 aromatic heterocycles. The average Bonchev–Trinajstić information content (AvgIpc) is 3.04. The smallest absolute Gasteiger partial charge is 0.410 e. The highest BCUT2D eigenvalue weighted by atomic mass is 16.6. The van der Waals surface area contributed by atoms with Crippen LogP contribution in [0.3, 0.4) is 0 Å². The highest BCUT2D eigenvalue weighted by molar-refractivity contribution is 5.68. The van der Waals surface area contributed by atoms with Crippen LogP contribution in [0.4, 0.5) is 4.79 Å². The molecule has 1 aliphatic heterocycles. The zero-order valence-corrected chi connectivity index (χ0v) is 14.1. The molecule has 1 N–H and O–H groups in total. The number of likely N-dealkylation sites (tertiary alicyclic amines) is 1. The summed E-state index contributed by atoms with van der Waals surface area (Å²) in [5.41, 5.74) is 0.440. The molecule has 1 aliphatic carbocycles. The number of nitrogens with zero attached hydrogens (tertiary/aromatic N) is 2. The lowest BCUT2D eigenvalue weighted by Crippen LogP contribution is -2.36. The van der Waals surface area contributed by atoms with Crippen LogP contribution in [0.5, 0.6) is 0 Å². The second-order valence-electron chi connectivity index (χ2n) is 7.87. The minimum absolute atomic E-state index is 0.212. The predicted molar refractivity (Wildman–Crippen MR) is 86.7 cm³/mol. The van der Waals surface area contributed by atoms with Gasteiger partial charge in [0.25, 0.3) is 0 Å². The monoisotopic (exact) mass is 318 g/mol. The molecule has 2 fully saturated rings. The van der Waals surface area contributed by atoms with E-state index >= 15 is 0 Å². The Hall–Kier alpha value is -1.62. The summed E-state index contributed by atoms with van der Waals surface area (Å²) >= 11 is 0. The van der Waals surface area contributed by atoms with Crippen molar-refractivity contribution in [1.82, 2.24) is 9.88 Å². The van der Waals surface area contributed by atoms with Gasteiger partial charge < -0.3 is 14.7 Å². The number of hydrogen-bond donors (Lipinski definition) is 1. The number of aromatic nitrogens is 1. The molecule has 1 saturated carbocycles. The Morgan fingerprint density at radius 1 is 1.35 bits per heavy atom. The topological polar surface area (TPSA) is 62.7 Å². The van der Waals surface area contributed by atoms with E-state index in [1.54, 1.807) is 12.4 Å². The largest absolute Gasteiger partial charge is 0.444 e. The number of hydrogen-bond acceptors (Lipinski definition) is 4. The number of carbonyl (C=O) groups excluding carboxylic acids is 1. The number of ether oxygens (including phenoxy) is 1. The Kier molecular flexibility index (Phi) is 4.32. The number of aliphatic hydroxyl groups is 1. The van der Waals surface area contributed by atoms with Gasteiger partial charge in [0.1, 0.15) is 5.60 Å². The first-order valence-electron chi connectivity index (χ1n) is 8.39. The third-order valence-electron chi connectivity index (χ3n) is 4.91. The minimum atomic E-state index is -0.454. The fourth-order valence-electron chi connectivity index (χ4n) is 3.90. The average molecular weight is 318 g/mol. The van der Waals surface area contributed by atoms with E-state index in [0.717, 1.165) is 31.5 Å². The zero-order valence-electron chi connectivity index (χ0n) is 14.1. The van der Waals surface area contributed by atoms with E-state index in [9.17, 15) is 9.90 Å². The van der Waals surface area contributed by atoms with Crippen molar-refractivity contribution in [1.29, 1.82) is 0 Å². The van der Waals surface area contributed by atoms with Gasteiger partial charge in [-0.3, -0.25) is 4.98 Å². The molecule has 0 bridgehead atoms. The van der Waals surface area contributed by atoms with Gasteiger partial charge in [0, 0.05) is 25.5 Å². The normalized spacial score (nSPS) is 28.5. The van der Waals surface area contributed by atoms with Crippen LogP contribution in [-0.4, -0.2) is 39.8 Å². The number of amides is 1. The Morgan fingerprint density at radius 2 is 2.00 bits per heavy atom. The summed E-state index contributed by atoms with van der Waals surface area (Å²) in [5, 5.41) is 10.6. The first-order chi connectivity index (χ1) is 10.8. The first kappa shape index (κ1) is 16.2. The number of aliphatic hydroxyl groups excluding tert-OH is 1. The summed E-state index contributed by atoms with van der Waals surface area (Å²) in [6, 6.07) is 3.79. The molecule has 1 amide bonds. The lowest BCUT2D eigenvalue weighted by atomic mass is 9.94. The molecule has 5 heteroatoms. The summed E-state index contributed by atoms with van der Waals surface area (Å²) in [7, 11) is 0. The van der Waals surface area contributed by atoms with Crippen molar-refractivity contribution in [2.75, 3.05) is 13.1 Å². The molecule has 126 valence electrons. The molecule has 5 nitrogen and oxygen atoms in total. The lowest BCUT2D eigenvalue weighted by molar-refractivity contribution is 0.0269. The third kappa shape index (κ3) is 3.66. The van der Waals surface area contributed by atoms with E-state index in [-0.39, 0.29) is 12.0 Å². The van der Waals surface area contributed by atoms with E-state index < -0.39 is 11.7 Å². The van der Waals surface area contributed by atoms with Gasteiger partial charge in [0.2, 0.25) is 0 Å². The second kappa shape index (κ2) is 6.11. The fourth-order valence-corrected chi connectivity index (χ4v) is 3.90. The third-order valence-corrected chi connectivity index (χ3v) is 4.91. The fraction of sp³-hybridized carbons (Fsp3) is 0.667. The maximum Gasteiger partial charge on any atom is 0.410 e.